The molecule has 1 heterocycles. The second-order valence-electron chi connectivity index (χ2n) is 8.60. The number of ether oxygens (including phenoxy) is 1. The molecule has 0 radical (unpaired) electrons. The average Bonchev–Trinajstić information content (AvgIpc) is 2.61. The van der Waals surface area contributed by atoms with Crippen molar-refractivity contribution >= 4 is 6.29 Å². The molecule has 23 heavy (non-hydrogen) atoms. The number of rotatable bonds is 2. The van der Waals surface area contributed by atoms with Gasteiger partial charge in [0.2, 0.25) is 0 Å². The Morgan fingerprint density at radius 2 is 2.04 bits per heavy atom. The summed E-state index contributed by atoms with van der Waals surface area (Å²) >= 11 is 0. The first-order valence-electron chi connectivity index (χ1n) is 8.97. The maximum absolute atomic E-state index is 11.7. The lowest BCUT2D eigenvalue weighted by molar-refractivity contribution is -0.141. The molecule has 3 aliphatic rings. The fourth-order valence-corrected chi connectivity index (χ4v) is 5.84. The summed E-state index contributed by atoms with van der Waals surface area (Å²) < 4.78 is 6.02. The molecule has 0 aromatic carbocycles. The van der Waals surface area contributed by atoms with Gasteiger partial charge in [-0.15, -0.1) is 0 Å². The van der Waals surface area contributed by atoms with Gasteiger partial charge in [-0.3, -0.25) is 4.79 Å². The van der Waals surface area contributed by atoms with Crippen LogP contribution in [0.15, 0.2) is 23.8 Å². The number of aliphatic hydroxyl groups excluding tert-OH is 1. The molecule has 0 aromatic heterocycles. The van der Waals surface area contributed by atoms with Crippen LogP contribution in [0.4, 0.5) is 0 Å². The predicted molar refractivity (Wildman–Crippen MR) is 90.7 cm³/mol. The van der Waals surface area contributed by atoms with Crippen LogP contribution in [0.3, 0.4) is 0 Å². The summed E-state index contributed by atoms with van der Waals surface area (Å²) in [5, 5.41) is 10.5. The Bertz CT molecular complexity index is 533. The molecule has 5 atom stereocenters. The maximum atomic E-state index is 11.7. The maximum Gasteiger partial charge on any atom is 0.155 e. The van der Waals surface area contributed by atoms with E-state index in [-0.39, 0.29) is 16.9 Å². The highest BCUT2D eigenvalue weighted by molar-refractivity contribution is 5.77. The van der Waals surface area contributed by atoms with Crippen molar-refractivity contribution in [1.29, 1.82) is 0 Å². The van der Waals surface area contributed by atoms with Crippen molar-refractivity contribution in [2.45, 2.75) is 71.7 Å². The number of aliphatic hydroxyl groups is 1. The van der Waals surface area contributed by atoms with Gasteiger partial charge in [0.15, 0.2) is 6.29 Å². The van der Waals surface area contributed by atoms with Crippen LogP contribution in [0.5, 0.6) is 0 Å². The summed E-state index contributed by atoms with van der Waals surface area (Å²) in [5.74, 6) is 0.722. The van der Waals surface area contributed by atoms with Gasteiger partial charge in [-0.25, -0.2) is 0 Å². The number of allylic oxidation sites excluding steroid dienone is 2. The first kappa shape index (κ1) is 16.9. The van der Waals surface area contributed by atoms with E-state index in [4.69, 9.17) is 4.74 Å². The lowest BCUT2D eigenvalue weighted by Gasteiger charge is -2.55. The fraction of sp³-hybridized carbons (Fsp3) is 0.750. The largest absolute Gasteiger partial charge is 0.368 e. The van der Waals surface area contributed by atoms with Crippen LogP contribution in [-0.2, 0) is 9.53 Å². The van der Waals surface area contributed by atoms with Crippen molar-refractivity contribution in [3.8, 4) is 0 Å². The number of carbonyl (C=O) groups is 1. The van der Waals surface area contributed by atoms with Crippen molar-refractivity contribution < 1.29 is 14.6 Å². The summed E-state index contributed by atoms with van der Waals surface area (Å²) in [5.41, 5.74) is 2.02. The number of hydrogen-bond acceptors (Lipinski definition) is 3. The van der Waals surface area contributed by atoms with Crippen LogP contribution < -0.4 is 0 Å². The zero-order valence-corrected chi connectivity index (χ0v) is 14.7. The van der Waals surface area contributed by atoms with Crippen molar-refractivity contribution in [2.24, 2.45) is 22.7 Å². The monoisotopic (exact) mass is 318 g/mol. The van der Waals surface area contributed by atoms with Gasteiger partial charge < -0.3 is 9.84 Å². The smallest absolute Gasteiger partial charge is 0.155 e. The third-order valence-electron chi connectivity index (χ3n) is 7.00. The van der Waals surface area contributed by atoms with Crippen molar-refractivity contribution in [3.05, 3.63) is 23.8 Å². The number of aldehydes is 1. The number of fused-ring (bicyclic) bond motifs is 3. The molecule has 0 spiro atoms. The standard InChI is InChI=1S/C20H30O3/c1-5-13-7-8-15-18(14(13)12-21)23-17(22)11-16-19(2,3)9-6-10-20(15,16)4/h5,12,15-18,22H,1,6-11H2,2-4H3/t15-,16-,17+,18-,20+/m1/s1. The zero-order chi connectivity index (χ0) is 16.8. The second kappa shape index (κ2) is 5.86. The minimum Gasteiger partial charge on any atom is -0.368 e. The SMILES string of the molecule is C=CC1=C(C=O)[C@H]2O[C@H](O)C[C@@H]3C(C)(C)CCC[C@@]3(C)[C@@H]2CC1. The topological polar surface area (TPSA) is 46.5 Å². The number of carbonyl (C=O) groups excluding carboxylic acids is 1. The minimum atomic E-state index is -0.786. The molecular formula is C20H30O3. The average molecular weight is 318 g/mol. The molecule has 0 bridgehead atoms. The summed E-state index contributed by atoms with van der Waals surface area (Å²) in [6, 6.07) is 0. The van der Waals surface area contributed by atoms with Gasteiger partial charge in [-0.1, -0.05) is 39.8 Å². The zero-order valence-electron chi connectivity index (χ0n) is 14.7. The Balaban J connectivity index is 2.08. The Kier molecular flexibility index (Phi) is 4.31. The molecule has 1 N–H and O–H groups in total. The Labute approximate surface area is 139 Å². The van der Waals surface area contributed by atoms with Crippen LogP contribution in [0.2, 0.25) is 0 Å². The number of hydrogen-bond donors (Lipinski definition) is 1. The molecule has 2 aliphatic carbocycles. The van der Waals surface area contributed by atoms with Crippen LogP contribution in [0.1, 0.15) is 59.3 Å². The van der Waals surface area contributed by atoms with Gasteiger partial charge >= 0.3 is 0 Å². The highest BCUT2D eigenvalue weighted by Gasteiger charge is 2.56. The normalized spacial score (nSPS) is 43.1. The van der Waals surface area contributed by atoms with Crippen molar-refractivity contribution in [3.63, 3.8) is 0 Å². The first-order valence-corrected chi connectivity index (χ1v) is 8.97. The Hall–Kier alpha value is -0.930. The van der Waals surface area contributed by atoms with Gasteiger partial charge in [0.05, 0.1) is 6.10 Å². The summed E-state index contributed by atoms with van der Waals surface area (Å²) in [6.45, 7) is 10.9. The van der Waals surface area contributed by atoms with Crippen LogP contribution >= 0.6 is 0 Å². The molecule has 128 valence electrons. The molecule has 2 fully saturated rings. The quantitative estimate of drug-likeness (QED) is 0.782. The fourth-order valence-electron chi connectivity index (χ4n) is 5.84. The molecule has 3 nitrogen and oxygen atoms in total. The molecule has 3 rings (SSSR count). The van der Waals surface area contributed by atoms with Gasteiger partial charge in [0, 0.05) is 12.0 Å². The summed E-state index contributed by atoms with van der Waals surface area (Å²) in [7, 11) is 0. The third kappa shape index (κ3) is 2.62. The molecular weight excluding hydrogens is 288 g/mol. The van der Waals surface area contributed by atoms with E-state index in [1.165, 1.54) is 12.8 Å². The van der Waals surface area contributed by atoms with E-state index in [1.807, 2.05) is 0 Å². The first-order chi connectivity index (χ1) is 10.8. The van der Waals surface area contributed by atoms with Crippen LogP contribution in [0.25, 0.3) is 0 Å². The van der Waals surface area contributed by atoms with Crippen molar-refractivity contribution in [2.75, 3.05) is 0 Å². The van der Waals surface area contributed by atoms with E-state index in [2.05, 4.69) is 27.4 Å². The van der Waals surface area contributed by atoms with E-state index in [1.54, 1.807) is 6.08 Å². The Morgan fingerprint density at radius 3 is 2.70 bits per heavy atom. The van der Waals surface area contributed by atoms with E-state index < -0.39 is 6.29 Å². The molecule has 1 saturated carbocycles. The highest BCUT2D eigenvalue weighted by Crippen LogP contribution is 2.61. The second-order valence-corrected chi connectivity index (χ2v) is 8.60. The lowest BCUT2D eigenvalue weighted by Crippen LogP contribution is -2.49. The molecule has 0 amide bonds. The van der Waals surface area contributed by atoms with Gasteiger partial charge in [-0.2, -0.15) is 0 Å². The van der Waals surface area contributed by atoms with Gasteiger partial charge in [0.25, 0.3) is 0 Å². The molecule has 1 saturated heterocycles. The van der Waals surface area contributed by atoms with Gasteiger partial charge in [0.1, 0.15) is 6.29 Å². The van der Waals surface area contributed by atoms with E-state index >= 15 is 0 Å². The van der Waals surface area contributed by atoms with E-state index in [9.17, 15) is 9.90 Å². The lowest BCUT2D eigenvalue weighted by atomic mass is 9.49. The van der Waals surface area contributed by atoms with E-state index in [0.717, 1.165) is 31.1 Å². The van der Waals surface area contributed by atoms with Crippen LogP contribution in [-0.4, -0.2) is 23.8 Å². The van der Waals surface area contributed by atoms with Crippen molar-refractivity contribution in [1.82, 2.24) is 0 Å². The minimum absolute atomic E-state index is 0.116. The van der Waals surface area contributed by atoms with Gasteiger partial charge in [-0.05, 0) is 53.9 Å². The molecule has 1 aliphatic heterocycles. The highest BCUT2D eigenvalue weighted by atomic mass is 16.6. The Morgan fingerprint density at radius 1 is 1.30 bits per heavy atom. The predicted octanol–water partition coefficient (Wildman–Crippen LogP) is 4.02. The summed E-state index contributed by atoms with van der Waals surface area (Å²) in [6.07, 6.45) is 7.79. The molecule has 3 heteroatoms. The molecule has 0 aromatic rings. The van der Waals surface area contributed by atoms with E-state index in [0.29, 0.717) is 23.8 Å². The van der Waals surface area contributed by atoms with Crippen LogP contribution in [0, 0.1) is 22.7 Å². The third-order valence-corrected chi connectivity index (χ3v) is 7.00. The molecule has 0 unspecified atom stereocenters. The summed E-state index contributed by atoms with van der Waals surface area (Å²) in [4.78, 5) is 11.7.